The number of hydrogen-bond acceptors (Lipinski definition) is 2. The molecular weight excluding hydrogens is 202 g/mol. The van der Waals surface area contributed by atoms with Crippen molar-refractivity contribution in [2.24, 2.45) is 0 Å². The maximum absolute atomic E-state index is 10.2. The van der Waals surface area contributed by atoms with Gasteiger partial charge in [-0.1, -0.05) is 26.2 Å². The third kappa shape index (κ3) is 11.7. The minimum Gasteiger partial charge on any atom is -0.481 e. The van der Waals surface area contributed by atoms with Gasteiger partial charge in [0.15, 0.2) is 0 Å². The van der Waals surface area contributed by atoms with Crippen LogP contribution in [-0.4, -0.2) is 23.7 Å². The van der Waals surface area contributed by atoms with E-state index in [-0.39, 0.29) is 18.8 Å². The van der Waals surface area contributed by atoms with E-state index in [0.29, 0.717) is 12.6 Å². The molecule has 3 nitrogen and oxygen atoms in total. The van der Waals surface area contributed by atoms with Crippen molar-refractivity contribution >= 4 is 18.4 Å². The quantitative estimate of drug-likeness (QED) is 0.622. The van der Waals surface area contributed by atoms with Gasteiger partial charge in [-0.2, -0.15) is 0 Å². The molecule has 4 heteroatoms. The fourth-order valence-electron chi connectivity index (χ4n) is 1.23. The molecule has 0 aliphatic carbocycles. The van der Waals surface area contributed by atoms with Gasteiger partial charge in [-0.25, -0.2) is 0 Å². The van der Waals surface area contributed by atoms with Gasteiger partial charge in [0.2, 0.25) is 0 Å². The lowest BCUT2D eigenvalue weighted by Crippen LogP contribution is -2.28. The predicted octanol–water partition coefficient (Wildman–Crippen LogP) is 2.44. The Labute approximate surface area is 92.7 Å². The highest BCUT2D eigenvalue weighted by molar-refractivity contribution is 5.85. The summed E-state index contributed by atoms with van der Waals surface area (Å²) in [7, 11) is 0. The molecule has 0 aromatic rings. The summed E-state index contributed by atoms with van der Waals surface area (Å²) in [6.45, 7) is 4.88. The molecule has 0 aliphatic heterocycles. The molecule has 0 radical (unpaired) electrons. The molecule has 0 saturated carbocycles. The molecule has 0 rings (SSSR count). The van der Waals surface area contributed by atoms with Crippen LogP contribution in [-0.2, 0) is 4.79 Å². The van der Waals surface area contributed by atoms with Crippen LogP contribution in [0.2, 0.25) is 0 Å². The Morgan fingerprint density at radius 2 is 2.07 bits per heavy atom. The summed E-state index contributed by atoms with van der Waals surface area (Å²) < 4.78 is 0. The van der Waals surface area contributed by atoms with Crippen LogP contribution < -0.4 is 5.32 Å². The van der Waals surface area contributed by atoms with E-state index in [1.807, 2.05) is 0 Å². The van der Waals surface area contributed by atoms with Crippen LogP contribution in [0.1, 0.15) is 46.0 Å². The molecular formula is C10H22ClNO2. The Morgan fingerprint density at radius 3 is 2.57 bits per heavy atom. The summed E-state index contributed by atoms with van der Waals surface area (Å²) in [5.41, 5.74) is 0. The third-order valence-corrected chi connectivity index (χ3v) is 2.07. The summed E-state index contributed by atoms with van der Waals surface area (Å²) in [6.07, 6.45) is 5.11. The lowest BCUT2D eigenvalue weighted by molar-refractivity contribution is -0.136. The van der Waals surface area contributed by atoms with Gasteiger partial charge in [0.1, 0.15) is 0 Å². The summed E-state index contributed by atoms with van der Waals surface area (Å²) in [5.74, 6) is -0.728. The van der Waals surface area contributed by atoms with Gasteiger partial charge in [-0.15, -0.1) is 12.4 Å². The average molecular weight is 224 g/mol. The molecule has 1 atom stereocenters. The lowest BCUT2D eigenvalue weighted by Gasteiger charge is -2.12. The highest BCUT2D eigenvalue weighted by atomic mass is 35.5. The molecule has 2 N–H and O–H groups in total. The molecule has 0 saturated heterocycles. The van der Waals surface area contributed by atoms with Crippen LogP contribution in [0.25, 0.3) is 0 Å². The molecule has 1 unspecified atom stereocenters. The van der Waals surface area contributed by atoms with E-state index in [2.05, 4.69) is 19.2 Å². The van der Waals surface area contributed by atoms with Gasteiger partial charge in [0, 0.05) is 12.6 Å². The van der Waals surface area contributed by atoms with E-state index in [1.165, 1.54) is 19.3 Å². The fraction of sp³-hybridized carbons (Fsp3) is 0.900. The second-order valence-corrected chi connectivity index (χ2v) is 3.49. The fourth-order valence-corrected chi connectivity index (χ4v) is 1.23. The maximum Gasteiger partial charge on any atom is 0.304 e. The first-order valence-corrected chi connectivity index (χ1v) is 5.12. The van der Waals surface area contributed by atoms with Crippen LogP contribution >= 0.6 is 12.4 Å². The van der Waals surface area contributed by atoms with Crippen molar-refractivity contribution in [2.75, 3.05) is 6.54 Å². The van der Waals surface area contributed by atoms with Crippen LogP contribution in [0.5, 0.6) is 0 Å². The van der Waals surface area contributed by atoms with Crippen LogP contribution in [0.4, 0.5) is 0 Å². The topological polar surface area (TPSA) is 49.3 Å². The number of carboxylic acids is 1. The van der Waals surface area contributed by atoms with Gasteiger partial charge in [-0.3, -0.25) is 4.79 Å². The number of carboxylic acid groups (broad SMARTS) is 1. The second-order valence-electron chi connectivity index (χ2n) is 3.49. The van der Waals surface area contributed by atoms with E-state index >= 15 is 0 Å². The predicted molar refractivity (Wildman–Crippen MR) is 61.1 cm³/mol. The van der Waals surface area contributed by atoms with E-state index in [0.717, 1.165) is 6.42 Å². The number of hydrogen-bond donors (Lipinski definition) is 2. The molecule has 0 spiro atoms. The highest BCUT2D eigenvalue weighted by Crippen LogP contribution is 2.02. The van der Waals surface area contributed by atoms with Crippen molar-refractivity contribution in [3.63, 3.8) is 0 Å². The summed E-state index contributed by atoms with van der Waals surface area (Å²) in [4.78, 5) is 10.2. The lowest BCUT2D eigenvalue weighted by atomic mass is 10.1. The molecule has 0 bridgehead atoms. The molecule has 14 heavy (non-hydrogen) atoms. The zero-order valence-electron chi connectivity index (χ0n) is 9.08. The Morgan fingerprint density at radius 1 is 1.43 bits per heavy atom. The Bertz CT molecular complexity index is 142. The Balaban J connectivity index is 0. The number of rotatable bonds is 8. The smallest absolute Gasteiger partial charge is 0.304 e. The first-order chi connectivity index (χ1) is 6.16. The van der Waals surface area contributed by atoms with E-state index in [4.69, 9.17) is 5.11 Å². The van der Waals surface area contributed by atoms with Crippen LogP contribution in [0.3, 0.4) is 0 Å². The minimum absolute atomic E-state index is 0. The highest BCUT2D eigenvalue weighted by Gasteiger charge is 2.01. The summed E-state index contributed by atoms with van der Waals surface area (Å²) >= 11 is 0. The van der Waals surface area contributed by atoms with Gasteiger partial charge < -0.3 is 10.4 Å². The van der Waals surface area contributed by atoms with Crippen LogP contribution in [0, 0.1) is 0 Å². The molecule has 0 aromatic heterocycles. The van der Waals surface area contributed by atoms with E-state index in [1.54, 1.807) is 0 Å². The molecule has 0 heterocycles. The zero-order valence-corrected chi connectivity index (χ0v) is 9.90. The monoisotopic (exact) mass is 223 g/mol. The van der Waals surface area contributed by atoms with Crippen molar-refractivity contribution in [3.8, 4) is 0 Å². The maximum atomic E-state index is 10.2. The third-order valence-electron chi connectivity index (χ3n) is 2.07. The molecule has 86 valence electrons. The van der Waals surface area contributed by atoms with E-state index < -0.39 is 5.97 Å². The molecule has 0 fully saturated rings. The first-order valence-electron chi connectivity index (χ1n) is 5.12. The normalized spacial score (nSPS) is 11.9. The van der Waals surface area contributed by atoms with Crippen molar-refractivity contribution in [3.05, 3.63) is 0 Å². The van der Waals surface area contributed by atoms with Crippen molar-refractivity contribution < 1.29 is 9.90 Å². The number of nitrogens with one attached hydrogen (secondary N) is 1. The van der Waals surface area contributed by atoms with Gasteiger partial charge >= 0.3 is 5.97 Å². The standard InChI is InChI=1S/C10H21NO2.ClH/c1-3-4-5-6-9(2)11-8-7-10(12)13;/h9,11H,3-8H2,1-2H3,(H,12,13);1H. The van der Waals surface area contributed by atoms with Crippen molar-refractivity contribution in [1.82, 2.24) is 5.32 Å². The average Bonchev–Trinajstić information content (AvgIpc) is 2.04. The van der Waals surface area contributed by atoms with Crippen LogP contribution in [0.15, 0.2) is 0 Å². The first kappa shape index (κ1) is 16.2. The van der Waals surface area contributed by atoms with Gasteiger partial charge in [0.25, 0.3) is 0 Å². The SMILES string of the molecule is CCCCCC(C)NCCC(=O)O.Cl. The molecule has 0 aliphatic rings. The number of unbranched alkanes of at least 4 members (excludes halogenated alkanes) is 2. The second kappa shape index (κ2) is 10.8. The molecule has 0 amide bonds. The molecule has 0 aromatic carbocycles. The summed E-state index contributed by atoms with van der Waals surface area (Å²) in [6, 6.07) is 0.450. The zero-order chi connectivity index (χ0) is 10.1. The Kier molecular flexibility index (Phi) is 12.5. The van der Waals surface area contributed by atoms with Gasteiger partial charge in [0.05, 0.1) is 6.42 Å². The number of carbonyl (C=O) groups is 1. The minimum atomic E-state index is -0.728. The number of aliphatic carboxylic acids is 1. The summed E-state index contributed by atoms with van der Waals surface area (Å²) in [5, 5.41) is 11.6. The van der Waals surface area contributed by atoms with E-state index in [9.17, 15) is 4.79 Å². The van der Waals surface area contributed by atoms with Gasteiger partial charge in [-0.05, 0) is 13.3 Å². The largest absolute Gasteiger partial charge is 0.481 e. The van der Waals surface area contributed by atoms with Crippen molar-refractivity contribution in [1.29, 1.82) is 0 Å². The Hall–Kier alpha value is -0.280. The number of halogens is 1. The van der Waals surface area contributed by atoms with Crippen molar-refractivity contribution in [2.45, 2.75) is 52.0 Å².